The SMILES string of the molecule is C=CCC1C(=O)C[C]=C1C. The molecule has 1 nitrogen and oxygen atoms in total. The Kier molecular flexibility index (Phi) is 2.05. The number of carbonyl (C=O) groups excluding carboxylic acids is 1. The van der Waals surface area contributed by atoms with Crippen molar-refractivity contribution in [1.82, 2.24) is 0 Å². The average Bonchev–Trinajstić information content (AvgIpc) is 2.20. The largest absolute Gasteiger partial charge is 0.299 e. The predicted octanol–water partition coefficient (Wildman–Crippen LogP) is 1.90. The average molecular weight is 135 g/mol. The summed E-state index contributed by atoms with van der Waals surface area (Å²) < 4.78 is 0. The van der Waals surface area contributed by atoms with Crippen molar-refractivity contribution in [2.75, 3.05) is 0 Å². The van der Waals surface area contributed by atoms with Gasteiger partial charge in [0.05, 0.1) is 0 Å². The number of hydrogen-bond donors (Lipinski definition) is 0. The van der Waals surface area contributed by atoms with Crippen molar-refractivity contribution in [3.63, 3.8) is 0 Å². The van der Waals surface area contributed by atoms with Gasteiger partial charge in [-0.05, 0) is 19.4 Å². The van der Waals surface area contributed by atoms with Crippen LogP contribution in [-0.2, 0) is 4.79 Å². The van der Waals surface area contributed by atoms with Gasteiger partial charge in [0.15, 0.2) is 0 Å². The minimum absolute atomic E-state index is 0.0949. The molecule has 0 aliphatic heterocycles. The fraction of sp³-hybridized carbons (Fsp3) is 0.444. The smallest absolute Gasteiger partial charge is 0.144 e. The van der Waals surface area contributed by atoms with Gasteiger partial charge in [-0.3, -0.25) is 4.79 Å². The fourth-order valence-corrected chi connectivity index (χ4v) is 1.19. The van der Waals surface area contributed by atoms with Gasteiger partial charge in [0, 0.05) is 12.3 Å². The quantitative estimate of drug-likeness (QED) is 0.528. The van der Waals surface area contributed by atoms with E-state index in [1.807, 2.05) is 6.92 Å². The fourth-order valence-electron chi connectivity index (χ4n) is 1.19. The monoisotopic (exact) mass is 135 g/mol. The molecule has 0 saturated heterocycles. The lowest BCUT2D eigenvalue weighted by Gasteiger charge is -2.05. The van der Waals surface area contributed by atoms with E-state index >= 15 is 0 Å². The molecule has 1 aliphatic carbocycles. The topological polar surface area (TPSA) is 17.1 Å². The Morgan fingerprint density at radius 2 is 2.60 bits per heavy atom. The Balaban J connectivity index is 2.64. The summed E-state index contributed by atoms with van der Waals surface area (Å²) in [6.07, 6.45) is 6.09. The Morgan fingerprint density at radius 1 is 1.90 bits per heavy atom. The molecule has 0 aromatic heterocycles. The minimum Gasteiger partial charge on any atom is -0.299 e. The maximum absolute atomic E-state index is 11.0. The lowest BCUT2D eigenvalue weighted by molar-refractivity contribution is -0.120. The Labute approximate surface area is 61.4 Å². The standard InChI is InChI=1S/C9H11O/c1-3-4-8-7(2)5-6-9(8)10/h3,8H,1,4,6H2,2H3. The summed E-state index contributed by atoms with van der Waals surface area (Å²) in [7, 11) is 0. The number of ketones is 1. The third-order valence-electron chi connectivity index (χ3n) is 1.86. The van der Waals surface area contributed by atoms with Crippen LogP contribution >= 0.6 is 0 Å². The van der Waals surface area contributed by atoms with Crippen LogP contribution in [0, 0.1) is 12.0 Å². The van der Waals surface area contributed by atoms with Gasteiger partial charge in [-0.15, -0.1) is 6.58 Å². The van der Waals surface area contributed by atoms with Gasteiger partial charge in [0.2, 0.25) is 0 Å². The van der Waals surface area contributed by atoms with E-state index in [0.29, 0.717) is 6.42 Å². The van der Waals surface area contributed by atoms with Crippen LogP contribution in [0.5, 0.6) is 0 Å². The van der Waals surface area contributed by atoms with Crippen molar-refractivity contribution in [3.8, 4) is 0 Å². The molecule has 0 spiro atoms. The van der Waals surface area contributed by atoms with Crippen LogP contribution in [0.1, 0.15) is 19.8 Å². The van der Waals surface area contributed by atoms with Crippen LogP contribution in [0.25, 0.3) is 0 Å². The van der Waals surface area contributed by atoms with E-state index in [0.717, 1.165) is 12.0 Å². The molecule has 0 amide bonds. The first kappa shape index (κ1) is 7.26. The van der Waals surface area contributed by atoms with Crippen molar-refractivity contribution in [3.05, 3.63) is 24.3 Å². The van der Waals surface area contributed by atoms with E-state index in [-0.39, 0.29) is 11.7 Å². The molecular weight excluding hydrogens is 124 g/mol. The second-order valence-electron chi connectivity index (χ2n) is 2.58. The summed E-state index contributed by atoms with van der Waals surface area (Å²) in [5.41, 5.74) is 1.09. The molecule has 1 unspecified atom stereocenters. The zero-order chi connectivity index (χ0) is 7.56. The van der Waals surface area contributed by atoms with Crippen LogP contribution in [-0.4, -0.2) is 5.78 Å². The summed E-state index contributed by atoms with van der Waals surface area (Å²) >= 11 is 0. The van der Waals surface area contributed by atoms with Crippen LogP contribution in [0.2, 0.25) is 0 Å². The molecule has 1 radical (unpaired) electrons. The van der Waals surface area contributed by atoms with Crippen LogP contribution in [0.3, 0.4) is 0 Å². The maximum atomic E-state index is 11.0. The van der Waals surface area contributed by atoms with Gasteiger partial charge >= 0.3 is 0 Å². The van der Waals surface area contributed by atoms with Crippen molar-refractivity contribution in [2.24, 2.45) is 5.92 Å². The zero-order valence-corrected chi connectivity index (χ0v) is 6.18. The minimum atomic E-state index is 0.0949. The van der Waals surface area contributed by atoms with Gasteiger partial charge < -0.3 is 0 Å². The number of carbonyl (C=O) groups is 1. The van der Waals surface area contributed by atoms with Crippen LogP contribution < -0.4 is 0 Å². The van der Waals surface area contributed by atoms with Gasteiger partial charge in [-0.2, -0.15) is 0 Å². The second kappa shape index (κ2) is 2.82. The van der Waals surface area contributed by atoms with Gasteiger partial charge in [0.25, 0.3) is 0 Å². The van der Waals surface area contributed by atoms with Gasteiger partial charge in [-0.1, -0.05) is 11.6 Å². The molecule has 1 heteroatoms. The first-order chi connectivity index (χ1) is 4.75. The summed E-state index contributed by atoms with van der Waals surface area (Å²) in [5, 5.41) is 0. The highest BCUT2D eigenvalue weighted by molar-refractivity contribution is 5.87. The van der Waals surface area contributed by atoms with Crippen molar-refractivity contribution >= 4 is 5.78 Å². The van der Waals surface area contributed by atoms with Gasteiger partial charge in [-0.25, -0.2) is 0 Å². The third kappa shape index (κ3) is 1.18. The molecular formula is C9H11O. The Morgan fingerprint density at radius 3 is 3.00 bits per heavy atom. The normalized spacial score (nSPS) is 24.7. The molecule has 1 aliphatic rings. The highest BCUT2D eigenvalue weighted by Gasteiger charge is 2.22. The van der Waals surface area contributed by atoms with Gasteiger partial charge in [0.1, 0.15) is 5.78 Å². The first-order valence-electron chi connectivity index (χ1n) is 3.46. The predicted molar refractivity (Wildman–Crippen MR) is 40.4 cm³/mol. The highest BCUT2D eigenvalue weighted by atomic mass is 16.1. The number of Topliss-reactive ketones (excluding diaryl/α,β-unsaturated/α-hetero) is 1. The summed E-state index contributed by atoms with van der Waals surface area (Å²) in [6, 6.07) is 0. The second-order valence-corrected chi connectivity index (χ2v) is 2.58. The maximum Gasteiger partial charge on any atom is 0.144 e. The van der Waals surface area contributed by atoms with E-state index < -0.39 is 0 Å². The molecule has 0 heterocycles. The van der Waals surface area contributed by atoms with Crippen LogP contribution in [0.15, 0.2) is 18.2 Å². The first-order valence-corrected chi connectivity index (χ1v) is 3.46. The van der Waals surface area contributed by atoms with E-state index in [4.69, 9.17) is 0 Å². The van der Waals surface area contributed by atoms with Crippen molar-refractivity contribution in [2.45, 2.75) is 19.8 Å². The summed E-state index contributed by atoms with van der Waals surface area (Å²) in [4.78, 5) is 11.0. The molecule has 0 fully saturated rings. The highest BCUT2D eigenvalue weighted by Crippen LogP contribution is 2.24. The van der Waals surface area contributed by atoms with E-state index in [1.54, 1.807) is 6.08 Å². The Bertz CT molecular complexity index is 189. The zero-order valence-electron chi connectivity index (χ0n) is 6.18. The lowest BCUT2D eigenvalue weighted by Crippen LogP contribution is -2.07. The molecule has 0 saturated carbocycles. The molecule has 1 atom stereocenters. The number of rotatable bonds is 2. The summed E-state index contributed by atoms with van der Waals surface area (Å²) in [5.74, 6) is 0.384. The summed E-state index contributed by atoms with van der Waals surface area (Å²) in [6.45, 7) is 5.56. The number of allylic oxidation sites excluding steroid dienone is 3. The van der Waals surface area contributed by atoms with E-state index in [1.165, 1.54) is 0 Å². The molecule has 0 aromatic carbocycles. The third-order valence-corrected chi connectivity index (χ3v) is 1.86. The molecule has 0 N–H and O–H groups in total. The molecule has 0 bridgehead atoms. The molecule has 1 rings (SSSR count). The van der Waals surface area contributed by atoms with Crippen molar-refractivity contribution < 1.29 is 4.79 Å². The molecule has 0 aromatic rings. The van der Waals surface area contributed by atoms with E-state index in [9.17, 15) is 4.79 Å². The lowest BCUT2D eigenvalue weighted by atomic mass is 9.98. The van der Waals surface area contributed by atoms with Crippen molar-refractivity contribution in [1.29, 1.82) is 0 Å². The molecule has 10 heavy (non-hydrogen) atoms. The Hall–Kier alpha value is -0.850. The molecule has 53 valence electrons. The van der Waals surface area contributed by atoms with Crippen LogP contribution in [0.4, 0.5) is 0 Å². The van der Waals surface area contributed by atoms with E-state index in [2.05, 4.69) is 12.7 Å². The number of hydrogen-bond acceptors (Lipinski definition) is 1.